The van der Waals surface area contributed by atoms with Gasteiger partial charge in [0.05, 0.1) is 6.54 Å². The first-order valence-corrected chi connectivity index (χ1v) is 7.83. The van der Waals surface area contributed by atoms with Crippen LogP contribution >= 0.6 is 0 Å². The lowest BCUT2D eigenvalue weighted by molar-refractivity contribution is 0.0909. The normalized spacial score (nSPS) is 21.6. The number of carbonyl (C=O) groups excluding carboxylic acids is 1. The van der Waals surface area contributed by atoms with Crippen LogP contribution in [-0.4, -0.2) is 36.4 Å². The van der Waals surface area contributed by atoms with Crippen molar-refractivity contribution in [1.29, 1.82) is 0 Å². The van der Waals surface area contributed by atoms with Crippen LogP contribution in [0.15, 0.2) is 24.3 Å². The third-order valence-corrected chi connectivity index (χ3v) is 4.78. The predicted octanol–water partition coefficient (Wildman–Crippen LogP) is 2.56. The van der Waals surface area contributed by atoms with Crippen LogP contribution in [0.5, 0.6) is 0 Å². The largest absolute Gasteiger partial charge is 0.328 e. The SMILES string of the molecule is NC1CCN(CC(=O)c2cccc(C3CCC3)c2)CC1. The van der Waals surface area contributed by atoms with Crippen LogP contribution in [0.2, 0.25) is 0 Å². The zero-order valence-corrected chi connectivity index (χ0v) is 12.1. The summed E-state index contributed by atoms with van der Waals surface area (Å²) < 4.78 is 0. The highest BCUT2D eigenvalue weighted by molar-refractivity contribution is 5.97. The molecular formula is C17H24N2O. The highest BCUT2D eigenvalue weighted by atomic mass is 16.1. The molecule has 3 nitrogen and oxygen atoms in total. The van der Waals surface area contributed by atoms with E-state index in [9.17, 15) is 4.79 Å². The lowest BCUT2D eigenvalue weighted by Crippen LogP contribution is -2.41. The Hall–Kier alpha value is -1.19. The van der Waals surface area contributed by atoms with E-state index in [1.807, 2.05) is 12.1 Å². The number of hydrogen-bond acceptors (Lipinski definition) is 3. The number of carbonyl (C=O) groups is 1. The van der Waals surface area contributed by atoms with Crippen molar-refractivity contribution in [3.05, 3.63) is 35.4 Å². The smallest absolute Gasteiger partial charge is 0.176 e. The van der Waals surface area contributed by atoms with E-state index in [0.29, 0.717) is 18.5 Å². The first kappa shape index (κ1) is 13.8. The quantitative estimate of drug-likeness (QED) is 0.857. The van der Waals surface area contributed by atoms with Gasteiger partial charge in [0.2, 0.25) is 0 Å². The number of Topliss-reactive ketones (excluding diaryl/α,β-unsaturated/α-hetero) is 1. The summed E-state index contributed by atoms with van der Waals surface area (Å²) >= 11 is 0. The van der Waals surface area contributed by atoms with Gasteiger partial charge in [-0.05, 0) is 43.2 Å². The van der Waals surface area contributed by atoms with Crippen molar-refractivity contribution in [2.24, 2.45) is 5.73 Å². The van der Waals surface area contributed by atoms with Crippen LogP contribution in [0.1, 0.15) is 53.9 Å². The highest BCUT2D eigenvalue weighted by Gasteiger charge is 2.22. The number of nitrogens with two attached hydrogens (primary N) is 1. The van der Waals surface area contributed by atoms with Gasteiger partial charge < -0.3 is 5.73 Å². The van der Waals surface area contributed by atoms with Crippen molar-refractivity contribution >= 4 is 5.78 Å². The van der Waals surface area contributed by atoms with Gasteiger partial charge in [0.1, 0.15) is 0 Å². The summed E-state index contributed by atoms with van der Waals surface area (Å²) in [6, 6.07) is 8.60. The van der Waals surface area contributed by atoms with E-state index in [-0.39, 0.29) is 5.78 Å². The predicted molar refractivity (Wildman–Crippen MR) is 81.0 cm³/mol. The lowest BCUT2D eigenvalue weighted by atomic mass is 9.79. The summed E-state index contributed by atoms with van der Waals surface area (Å²) in [7, 11) is 0. The van der Waals surface area contributed by atoms with E-state index in [0.717, 1.165) is 31.5 Å². The molecule has 1 saturated carbocycles. The van der Waals surface area contributed by atoms with Crippen LogP contribution in [0.4, 0.5) is 0 Å². The van der Waals surface area contributed by atoms with Gasteiger partial charge in [0.25, 0.3) is 0 Å². The molecule has 0 aromatic heterocycles. The van der Waals surface area contributed by atoms with Gasteiger partial charge in [0.15, 0.2) is 5.78 Å². The molecule has 1 saturated heterocycles. The van der Waals surface area contributed by atoms with E-state index in [1.165, 1.54) is 24.8 Å². The number of piperidine rings is 1. The van der Waals surface area contributed by atoms with Gasteiger partial charge in [-0.15, -0.1) is 0 Å². The fraction of sp³-hybridized carbons (Fsp3) is 0.588. The molecule has 3 heteroatoms. The fourth-order valence-corrected chi connectivity index (χ4v) is 3.11. The summed E-state index contributed by atoms with van der Waals surface area (Å²) in [4.78, 5) is 14.6. The molecule has 1 aliphatic heterocycles. The van der Waals surface area contributed by atoms with Crippen LogP contribution in [0.25, 0.3) is 0 Å². The summed E-state index contributed by atoms with van der Waals surface area (Å²) in [6.07, 6.45) is 5.91. The topological polar surface area (TPSA) is 46.3 Å². The van der Waals surface area contributed by atoms with E-state index in [2.05, 4.69) is 17.0 Å². The third-order valence-electron chi connectivity index (χ3n) is 4.78. The minimum absolute atomic E-state index is 0.252. The third kappa shape index (κ3) is 3.10. The average Bonchev–Trinajstić information content (AvgIpc) is 2.40. The van der Waals surface area contributed by atoms with E-state index >= 15 is 0 Å². The Morgan fingerprint density at radius 2 is 1.95 bits per heavy atom. The Kier molecular flexibility index (Phi) is 4.18. The molecule has 2 fully saturated rings. The standard InChI is InChI=1S/C17H24N2O/c18-16-7-9-19(10-8-16)12-17(20)15-6-2-5-14(11-15)13-3-1-4-13/h2,5-6,11,13,16H,1,3-4,7-10,12,18H2. The maximum atomic E-state index is 12.4. The molecule has 0 atom stereocenters. The minimum atomic E-state index is 0.252. The lowest BCUT2D eigenvalue weighted by Gasteiger charge is -2.29. The van der Waals surface area contributed by atoms with Gasteiger partial charge in [0, 0.05) is 24.7 Å². The summed E-state index contributed by atoms with van der Waals surface area (Å²) in [5.41, 5.74) is 8.13. The fourth-order valence-electron chi connectivity index (χ4n) is 3.11. The summed E-state index contributed by atoms with van der Waals surface area (Å²) in [6.45, 7) is 2.45. The monoisotopic (exact) mass is 272 g/mol. The van der Waals surface area contributed by atoms with Crippen LogP contribution in [-0.2, 0) is 0 Å². The molecule has 1 aromatic carbocycles. The number of nitrogens with zero attached hydrogens (tertiary/aromatic N) is 1. The van der Waals surface area contributed by atoms with Crippen molar-refractivity contribution in [1.82, 2.24) is 4.90 Å². The van der Waals surface area contributed by atoms with E-state index in [4.69, 9.17) is 5.73 Å². The van der Waals surface area contributed by atoms with Gasteiger partial charge in [-0.25, -0.2) is 0 Å². The second-order valence-corrected chi connectivity index (χ2v) is 6.29. The molecule has 108 valence electrons. The van der Waals surface area contributed by atoms with E-state index in [1.54, 1.807) is 0 Å². The second-order valence-electron chi connectivity index (χ2n) is 6.29. The molecule has 0 bridgehead atoms. The molecule has 0 amide bonds. The van der Waals surface area contributed by atoms with Crippen LogP contribution < -0.4 is 5.73 Å². The second kappa shape index (κ2) is 6.06. The average molecular weight is 272 g/mol. The number of ketones is 1. The van der Waals surface area contributed by atoms with Gasteiger partial charge in [-0.3, -0.25) is 9.69 Å². The minimum Gasteiger partial charge on any atom is -0.328 e. The van der Waals surface area contributed by atoms with E-state index < -0.39 is 0 Å². The first-order valence-electron chi connectivity index (χ1n) is 7.83. The molecule has 0 radical (unpaired) electrons. The molecule has 0 spiro atoms. The Morgan fingerprint density at radius 3 is 2.60 bits per heavy atom. The zero-order chi connectivity index (χ0) is 13.9. The van der Waals surface area contributed by atoms with Gasteiger partial charge >= 0.3 is 0 Å². The summed E-state index contributed by atoms with van der Waals surface area (Å²) in [5.74, 6) is 0.942. The zero-order valence-electron chi connectivity index (χ0n) is 12.1. The first-order chi connectivity index (χ1) is 9.72. The van der Waals surface area contributed by atoms with Crippen molar-refractivity contribution in [2.45, 2.75) is 44.1 Å². The molecule has 1 aliphatic carbocycles. The molecule has 1 heterocycles. The highest BCUT2D eigenvalue weighted by Crippen LogP contribution is 2.36. The van der Waals surface area contributed by atoms with Crippen molar-refractivity contribution in [3.63, 3.8) is 0 Å². The Bertz CT molecular complexity index is 474. The van der Waals surface area contributed by atoms with Crippen LogP contribution in [0, 0.1) is 0 Å². The molecule has 2 N–H and O–H groups in total. The Balaban J connectivity index is 1.61. The molecule has 1 aromatic rings. The molecular weight excluding hydrogens is 248 g/mol. The van der Waals surface area contributed by atoms with Gasteiger partial charge in [-0.2, -0.15) is 0 Å². The van der Waals surface area contributed by atoms with Gasteiger partial charge in [-0.1, -0.05) is 24.6 Å². The van der Waals surface area contributed by atoms with Crippen molar-refractivity contribution < 1.29 is 4.79 Å². The maximum absolute atomic E-state index is 12.4. The number of rotatable bonds is 4. The summed E-state index contributed by atoms with van der Waals surface area (Å²) in [5, 5.41) is 0. The number of benzene rings is 1. The van der Waals surface area contributed by atoms with Crippen molar-refractivity contribution in [3.8, 4) is 0 Å². The maximum Gasteiger partial charge on any atom is 0.176 e. The van der Waals surface area contributed by atoms with Crippen molar-refractivity contribution in [2.75, 3.05) is 19.6 Å². The molecule has 20 heavy (non-hydrogen) atoms. The Labute approximate surface area is 121 Å². The molecule has 0 unspecified atom stereocenters. The number of hydrogen-bond donors (Lipinski definition) is 1. The molecule has 2 aliphatic rings. The number of likely N-dealkylation sites (tertiary alicyclic amines) is 1. The Morgan fingerprint density at radius 1 is 1.20 bits per heavy atom. The molecule has 3 rings (SSSR count). The van der Waals surface area contributed by atoms with Crippen LogP contribution in [0.3, 0.4) is 0 Å².